The summed E-state index contributed by atoms with van der Waals surface area (Å²) in [5, 5.41) is 17.1. The molecule has 0 aliphatic carbocycles. The fraction of sp³-hybridized carbons (Fsp3) is 0.222. The lowest BCUT2D eigenvalue weighted by atomic mass is 10.1. The average Bonchev–Trinajstić information content (AvgIpc) is 2.19. The second-order valence-electron chi connectivity index (χ2n) is 2.84. The number of alkyl halides is 2. The van der Waals surface area contributed by atoms with Crippen molar-refractivity contribution in [2.75, 3.05) is 0 Å². The average molecular weight is 291 g/mol. The van der Waals surface area contributed by atoms with Crippen LogP contribution in [-0.4, -0.2) is 16.1 Å². The van der Waals surface area contributed by atoms with Gasteiger partial charge in [0.05, 0.1) is 12.0 Å². The van der Waals surface area contributed by atoms with Gasteiger partial charge in [-0.3, -0.25) is 4.79 Å². The first-order valence-electron chi connectivity index (χ1n) is 4.04. The van der Waals surface area contributed by atoms with Crippen LogP contribution in [0.5, 0.6) is 0 Å². The molecule has 1 heterocycles. The predicted octanol–water partition coefficient (Wildman–Crippen LogP) is 2.28. The van der Waals surface area contributed by atoms with Crippen molar-refractivity contribution in [1.82, 2.24) is 4.98 Å². The van der Waals surface area contributed by atoms with Crippen molar-refractivity contribution in [3.63, 3.8) is 0 Å². The van der Waals surface area contributed by atoms with Gasteiger partial charge in [-0.25, -0.2) is 13.8 Å². The number of carboxylic acid groups (broad SMARTS) is 1. The smallest absolute Gasteiger partial charge is 0.307 e. The second kappa shape index (κ2) is 4.99. The van der Waals surface area contributed by atoms with Crippen LogP contribution in [0.4, 0.5) is 8.78 Å². The minimum absolute atomic E-state index is 0.0727. The van der Waals surface area contributed by atoms with E-state index in [0.717, 1.165) is 6.20 Å². The number of aromatic nitrogens is 1. The van der Waals surface area contributed by atoms with E-state index in [9.17, 15) is 13.6 Å². The molecular weight excluding hydrogens is 286 g/mol. The molecule has 1 rings (SSSR count). The largest absolute Gasteiger partial charge is 0.481 e. The molecule has 1 aromatic heterocycles. The van der Waals surface area contributed by atoms with Crippen LogP contribution in [0, 0.1) is 11.3 Å². The van der Waals surface area contributed by atoms with Crippen LogP contribution in [0.1, 0.15) is 23.2 Å². The van der Waals surface area contributed by atoms with Crippen molar-refractivity contribution in [2.24, 2.45) is 0 Å². The van der Waals surface area contributed by atoms with E-state index in [-0.39, 0.29) is 10.0 Å². The molecule has 0 amide bonds. The van der Waals surface area contributed by atoms with Gasteiger partial charge in [0, 0.05) is 10.7 Å². The van der Waals surface area contributed by atoms with Gasteiger partial charge in [-0.05, 0) is 21.5 Å². The van der Waals surface area contributed by atoms with Crippen LogP contribution in [0.3, 0.4) is 0 Å². The maximum atomic E-state index is 12.6. The highest BCUT2D eigenvalue weighted by Gasteiger charge is 2.21. The van der Waals surface area contributed by atoms with Crippen molar-refractivity contribution in [3.05, 3.63) is 27.5 Å². The molecule has 1 N–H and O–H groups in total. The molecule has 16 heavy (non-hydrogen) atoms. The first kappa shape index (κ1) is 12.5. The number of carbonyl (C=O) groups is 1. The molecular formula is C9H5BrF2N2O2. The van der Waals surface area contributed by atoms with Gasteiger partial charge in [-0.2, -0.15) is 5.26 Å². The van der Waals surface area contributed by atoms with E-state index in [4.69, 9.17) is 10.4 Å². The van der Waals surface area contributed by atoms with Crippen LogP contribution in [-0.2, 0) is 11.2 Å². The summed E-state index contributed by atoms with van der Waals surface area (Å²) in [6.07, 6.45) is -2.22. The predicted molar refractivity (Wildman–Crippen MR) is 52.9 cm³/mol. The lowest BCUT2D eigenvalue weighted by Gasteiger charge is -2.08. The Hall–Kier alpha value is -1.55. The fourth-order valence-electron chi connectivity index (χ4n) is 1.12. The van der Waals surface area contributed by atoms with Gasteiger partial charge >= 0.3 is 5.97 Å². The first-order valence-corrected chi connectivity index (χ1v) is 4.84. The zero-order chi connectivity index (χ0) is 12.3. The van der Waals surface area contributed by atoms with Crippen molar-refractivity contribution >= 4 is 21.9 Å². The summed E-state index contributed by atoms with van der Waals surface area (Å²) in [5.41, 5.74) is -0.862. The number of halogens is 3. The maximum Gasteiger partial charge on any atom is 0.307 e. The van der Waals surface area contributed by atoms with Crippen LogP contribution >= 0.6 is 15.9 Å². The van der Waals surface area contributed by atoms with E-state index in [1.54, 1.807) is 0 Å². The van der Waals surface area contributed by atoms with Crippen LogP contribution in [0.15, 0.2) is 10.7 Å². The molecule has 0 saturated heterocycles. The molecule has 0 atom stereocenters. The van der Waals surface area contributed by atoms with Crippen LogP contribution in [0.25, 0.3) is 0 Å². The summed E-state index contributed by atoms with van der Waals surface area (Å²) in [7, 11) is 0. The molecule has 1 aromatic rings. The number of carboxylic acids is 1. The minimum atomic E-state index is -2.88. The number of hydrogen-bond donors (Lipinski definition) is 1. The lowest BCUT2D eigenvalue weighted by Crippen LogP contribution is -2.05. The number of hydrogen-bond acceptors (Lipinski definition) is 3. The summed E-state index contributed by atoms with van der Waals surface area (Å²) in [6, 6.07) is 1.53. The molecule has 0 aliphatic rings. The van der Waals surface area contributed by atoms with E-state index in [0.29, 0.717) is 0 Å². The Balaban J connectivity index is 3.33. The normalized spacial score (nSPS) is 10.2. The Labute approximate surface area is 97.7 Å². The quantitative estimate of drug-likeness (QED) is 0.927. The zero-order valence-electron chi connectivity index (χ0n) is 7.75. The Morgan fingerprint density at radius 1 is 1.69 bits per heavy atom. The van der Waals surface area contributed by atoms with Gasteiger partial charge in [0.1, 0.15) is 11.8 Å². The van der Waals surface area contributed by atoms with Gasteiger partial charge in [0.25, 0.3) is 6.43 Å². The third-order valence-electron chi connectivity index (χ3n) is 1.79. The molecule has 0 saturated carbocycles. The summed E-state index contributed by atoms with van der Waals surface area (Å²) < 4.78 is 25.2. The highest BCUT2D eigenvalue weighted by molar-refractivity contribution is 9.10. The van der Waals surface area contributed by atoms with Gasteiger partial charge in [0.2, 0.25) is 0 Å². The van der Waals surface area contributed by atoms with E-state index in [1.165, 1.54) is 6.07 Å². The number of nitrogens with zero attached hydrogens (tertiary/aromatic N) is 2. The molecule has 84 valence electrons. The molecule has 7 heteroatoms. The zero-order valence-corrected chi connectivity index (χ0v) is 9.33. The van der Waals surface area contributed by atoms with E-state index in [1.807, 2.05) is 0 Å². The molecule has 0 unspecified atom stereocenters. The van der Waals surface area contributed by atoms with Gasteiger partial charge in [0.15, 0.2) is 0 Å². The highest BCUT2D eigenvalue weighted by Crippen LogP contribution is 2.32. The number of pyridine rings is 1. The fourth-order valence-corrected chi connectivity index (χ4v) is 1.72. The Bertz CT molecular complexity index is 471. The van der Waals surface area contributed by atoms with E-state index < -0.39 is 30.1 Å². The Morgan fingerprint density at radius 3 is 2.75 bits per heavy atom. The third kappa shape index (κ3) is 2.52. The van der Waals surface area contributed by atoms with Crippen molar-refractivity contribution in [1.29, 1.82) is 5.26 Å². The number of nitriles is 1. The Kier molecular flexibility index (Phi) is 3.90. The third-order valence-corrected chi connectivity index (χ3v) is 2.73. The topological polar surface area (TPSA) is 74.0 Å². The monoisotopic (exact) mass is 290 g/mol. The lowest BCUT2D eigenvalue weighted by molar-refractivity contribution is -0.136. The van der Waals surface area contributed by atoms with Crippen LogP contribution in [0.2, 0.25) is 0 Å². The van der Waals surface area contributed by atoms with Crippen molar-refractivity contribution in [2.45, 2.75) is 12.8 Å². The SMILES string of the molecule is N#Cc1ncc(CC(=O)O)c(Br)c1C(F)F. The van der Waals surface area contributed by atoms with Gasteiger partial charge in [-0.1, -0.05) is 0 Å². The second-order valence-corrected chi connectivity index (χ2v) is 3.64. The molecule has 0 aliphatic heterocycles. The summed E-state index contributed by atoms with van der Waals surface area (Å²) in [6.45, 7) is 0. The molecule has 0 aromatic carbocycles. The van der Waals surface area contributed by atoms with E-state index in [2.05, 4.69) is 20.9 Å². The van der Waals surface area contributed by atoms with E-state index >= 15 is 0 Å². The van der Waals surface area contributed by atoms with Crippen molar-refractivity contribution < 1.29 is 18.7 Å². The standard InChI is InChI=1S/C9H5BrF2N2O2/c10-8-4(1-6(15)16)3-14-5(2-13)7(8)9(11)12/h3,9H,1H2,(H,15,16). The van der Waals surface area contributed by atoms with Crippen LogP contribution < -0.4 is 0 Å². The molecule has 0 bridgehead atoms. The van der Waals surface area contributed by atoms with Gasteiger partial charge < -0.3 is 5.11 Å². The number of aliphatic carboxylic acids is 1. The first-order chi connectivity index (χ1) is 7.47. The molecule has 0 radical (unpaired) electrons. The Morgan fingerprint density at radius 2 is 2.31 bits per heavy atom. The number of rotatable bonds is 3. The maximum absolute atomic E-state index is 12.6. The minimum Gasteiger partial charge on any atom is -0.481 e. The summed E-state index contributed by atoms with van der Waals surface area (Å²) >= 11 is 2.87. The summed E-state index contributed by atoms with van der Waals surface area (Å²) in [5.74, 6) is -1.16. The molecule has 4 nitrogen and oxygen atoms in total. The van der Waals surface area contributed by atoms with Crippen molar-refractivity contribution in [3.8, 4) is 6.07 Å². The summed E-state index contributed by atoms with van der Waals surface area (Å²) in [4.78, 5) is 14.0. The molecule has 0 fully saturated rings. The van der Waals surface area contributed by atoms with Gasteiger partial charge in [-0.15, -0.1) is 0 Å². The molecule has 0 spiro atoms. The highest BCUT2D eigenvalue weighted by atomic mass is 79.9.